The van der Waals surface area contributed by atoms with Crippen molar-refractivity contribution < 1.29 is 13.6 Å². The fourth-order valence-corrected chi connectivity index (χ4v) is 2.83. The molecule has 0 saturated heterocycles. The van der Waals surface area contributed by atoms with Crippen molar-refractivity contribution in [3.8, 4) is 11.3 Å². The maximum absolute atomic E-state index is 13.4. The van der Waals surface area contributed by atoms with E-state index >= 15 is 0 Å². The molecule has 3 aromatic carbocycles. The van der Waals surface area contributed by atoms with Gasteiger partial charge in [-0.3, -0.25) is 4.79 Å². The summed E-state index contributed by atoms with van der Waals surface area (Å²) in [5, 5.41) is 3.57. The van der Waals surface area contributed by atoms with Gasteiger partial charge in [-0.15, -0.1) is 0 Å². The van der Waals surface area contributed by atoms with Crippen LogP contribution in [0.2, 0.25) is 0 Å². The van der Waals surface area contributed by atoms with Gasteiger partial charge in [0.1, 0.15) is 11.6 Å². The quantitative estimate of drug-likeness (QED) is 0.514. The Morgan fingerprint density at radius 2 is 1.62 bits per heavy atom. The van der Waals surface area contributed by atoms with E-state index in [2.05, 4.69) is 10.3 Å². The highest BCUT2D eigenvalue weighted by Crippen LogP contribution is 2.26. The molecular formula is C21H14F2N2O. The van der Waals surface area contributed by atoms with E-state index in [0.29, 0.717) is 11.3 Å². The lowest BCUT2D eigenvalue weighted by atomic mass is 10.1. The van der Waals surface area contributed by atoms with Gasteiger partial charge in [-0.1, -0.05) is 12.1 Å². The molecule has 4 aromatic rings. The number of aromatic nitrogens is 1. The summed E-state index contributed by atoms with van der Waals surface area (Å²) in [6.07, 6.45) is 0. The largest absolute Gasteiger partial charge is 0.355 e. The van der Waals surface area contributed by atoms with E-state index in [1.54, 1.807) is 12.1 Å². The minimum Gasteiger partial charge on any atom is -0.355 e. The van der Waals surface area contributed by atoms with Crippen LogP contribution in [-0.4, -0.2) is 10.9 Å². The van der Waals surface area contributed by atoms with E-state index in [1.807, 2.05) is 24.3 Å². The van der Waals surface area contributed by atoms with Crippen LogP contribution in [0.4, 0.5) is 14.5 Å². The third-order valence-electron chi connectivity index (χ3n) is 4.12. The summed E-state index contributed by atoms with van der Waals surface area (Å²) >= 11 is 0. The fraction of sp³-hybridized carbons (Fsp3) is 0. The molecule has 3 nitrogen and oxygen atoms in total. The van der Waals surface area contributed by atoms with Crippen LogP contribution in [0, 0.1) is 11.6 Å². The normalized spacial score (nSPS) is 10.8. The van der Waals surface area contributed by atoms with Crippen LogP contribution < -0.4 is 5.32 Å². The van der Waals surface area contributed by atoms with Gasteiger partial charge in [-0.25, -0.2) is 8.78 Å². The number of benzene rings is 3. The molecule has 2 N–H and O–H groups in total. The second kappa shape index (κ2) is 6.44. The molecule has 0 radical (unpaired) electrons. The Kier molecular flexibility index (Phi) is 3.97. The number of amides is 1. The van der Waals surface area contributed by atoms with E-state index in [0.717, 1.165) is 22.2 Å². The first-order valence-corrected chi connectivity index (χ1v) is 8.04. The fourth-order valence-electron chi connectivity index (χ4n) is 2.83. The van der Waals surface area contributed by atoms with Gasteiger partial charge in [0.15, 0.2) is 0 Å². The lowest BCUT2D eigenvalue weighted by Gasteiger charge is -2.07. The van der Waals surface area contributed by atoms with E-state index in [1.165, 1.54) is 36.4 Å². The zero-order valence-electron chi connectivity index (χ0n) is 13.6. The minimum absolute atomic E-state index is 0.289. The highest BCUT2D eigenvalue weighted by atomic mass is 19.1. The topological polar surface area (TPSA) is 44.9 Å². The number of hydrogen-bond acceptors (Lipinski definition) is 1. The Hall–Kier alpha value is -3.47. The maximum Gasteiger partial charge on any atom is 0.255 e. The standard InChI is InChI=1S/C21H14F2N2O/c22-16-6-4-13(5-7-16)21(26)24-18-3-1-2-14(11-18)20-12-15-10-17(23)8-9-19(15)25-20/h1-12,25H,(H,24,26). The Bertz CT molecular complexity index is 1100. The van der Waals surface area contributed by atoms with Gasteiger partial charge in [0.2, 0.25) is 0 Å². The number of fused-ring (bicyclic) bond motifs is 1. The highest BCUT2D eigenvalue weighted by Gasteiger charge is 2.09. The number of anilines is 1. The summed E-state index contributed by atoms with van der Waals surface area (Å²) < 4.78 is 26.3. The molecule has 0 atom stereocenters. The second-order valence-electron chi connectivity index (χ2n) is 5.96. The Morgan fingerprint density at radius 3 is 2.42 bits per heavy atom. The maximum atomic E-state index is 13.4. The molecule has 4 rings (SSSR count). The Balaban J connectivity index is 1.61. The van der Waals surface area contributed by atoms with Crippen LogP contribution >= 0.6 is 0 Å². The van der Waals surface area contributed by atoms with E-state index < -0.39 is 5.82 Å². The molecule has 0 aliphatic heterocycles. The van der Waals surface area contributed by atoms with Crippen LogP contribution in [0.15, 0.2) is 72.8 Å². The van der Waals surface area contributed by atoms with Crippen LogP contribution in [0.1, 0.15) is 10.4 Å². The number of aromatic amines is 1. The van der Waals surface area contributed by atoms with Crippen molar-refractivity contribution in [2.75, 3.05) is 5.32 Å². The first kappa shape index (κ1) is 16.0. The lowest BCUT2D eigenvalue weighted by Crippen LogP contribution is -2.11. The predicted octanol–water partition coefficient (Wildman–Crippen LogP) is 5.37. The molecule has 5 heteroatoms. The van der Waals surface area contributed by atoms with Gasteiger partial charge >= 0.3 is 0 Å². The average molecular weight is 348 g/mol. The number of carbonyl (C=O) groups excluding carboxylic acids is 1. The number of carbonyl (C=O) groups is 1. The molecule has 26 heavy (non-hydrogen) atoms. The number of rotatable bonds is 3. The summed E-state index contributed by atoms with van der Waals surface area (Å²) in [7, 11) is 0. The summed E-state index contributed by atoms with van der Waals surface area (Å²) in [6, 6.07) is 19.1. The molecule has 0 spiro atoms. The van der Waals surface area contributed by atoms with Crippen molar-refractivity contribution in [3.63, 3.8) is 0 Å². The molecule has 0 bridgehead atoms. The van der Waals surface area contributed by atoms with Crippen molar-refractivity contribution in [1.82, 2.24) is 4.98 Å². The second-order valence-corrected chi connectivity index (χ2v) is 5.96. The zero-order chi connectivity index (χ0) is 18.1. The molecule has 0 aliphatic carbocycles. The zero-order valence-corrected chi connectivity index (χ0v) is 13.6. The molecule has 0 fully saturated rings. The average Bonchev–Trinajstić information content (AvgIpc) is 3.05. The molecular weight excluding hydrogens is 334 g/mol. The van der Waals surface area contributed by atoms with E-state index in [4.69, 9.17) is 0 Å². The summed E-state index contributed by atoms with van der Waals surface area (Å²) in [6.45, 7) is 0. The van der Waals surface area contributed by atoms with Crippen LogP contribution in [0.5, 0.6) is 0 Å². The molecule has 0 aliphatic rings. The molecule has 128 valence electrons. The van der Waals surface area contributed by atoms with Crippen LogP contribution in [-0.2, 0) is 0 Å². The Labute approximate surface area is 148 Å². The van der Waals surface area contributed by atoms with E-state index in [-0.39, 0.29) is 11.7 Å². The smallest absolute Gasteiger partial charge is 0.255 e. The first-order chi connectivity index (χ1) is 12.6. The number of H-pyrrole nitrogens is 1. The molecule has 0 saturated carbocycles. The van der Waals surface area contributed by atoms with Crippen molar-refractivity contribution in [2.45, 2.75) is 0 Å². The van der Waals surface area contributed by atoms with Crippen molar-refractivity contribution >= 4 is 22.5 Å². The van der Waals surface area contributed by atoms with Gasteiger partial charge < -0.3 is 10.3 Å². The SMILES string of the molecule is O=C(Nc1cccc(-c2cc3cc(F)ccc3[nH]2)c1)c1ccc(F)cc1. The minimum atomic E-state index is -0.390. The van der Waals surface area contributed by atoms with E-state index in [9.17, 15) is 13.6 Å². The third-order valence-corrected chi connectivity index (χ3v) is 4.12. The molecule has 0 unspecified atom stereocenters. The van der Waals surface area contributed by atoms with Crippen LogP contribution in [0.25, 0.3) is 22.2 Å². The molecule has 1 heterocycles. The molecule has 1 aromatic heterocycles. The molecule has 1 amide bonds. The van der Waals surface area contributed by atoms with Crippen molar-refractivity contribution in [1.29, 1.82) is 0 Å². The number of hydrogen-bond donors (Lipinski definition) is 2. The third kappa shape index (κ3) is 3.19. The van der Waals surface area contributed by atoms with Gasteiger partial charge in [-0.2, -0.15) is 0 Å². The number of halogens is 2. The first-order valence-electron chi connectivity index (χ1n) is 8.04. The lowest BCUT2D eigenvalue weighted by molar-refractivity contribution is 0.102. The Morgan fingerprint density at radius 1 is 0.846 bits per heavy atom. The van der Waals surface area contributed by atoms with Gasteiger partial charge in [0.05, 0.1) is 0 Å². The monoisotopic (exact) mass is 348 g/mol. The van der Waals surface area contributed by atoms with Gasteiger partial charge in [-0.05, 0) is 60.7 Å². The summed E-state index contributed by atoms with van der Waals surface area (Å²) in [4.78, 5) is 15.5. The summed E-state index contributed by atoms with van der Waals surface area (Å²) in [5.41, 5.74) is 3.50. The predicted molar refractivity (Wildman–Crippen MR) is 98.0 cm³/mol. The number of nitrogens with one attached hydrogen (secondary N) is 2. The van der Waals surface area contributed by atoms with Crippen molar-refractivity contribution in [3.05, 3.63) is 90.0 Å². The van der Waals surface area contributed by atoms with Gasteiger partial charge in [0, 0.05) is 33.4 Å². The van der Waals surface area contributed by atoms with Crippen molar-refractivity contribution in [2.24, 2.45) is 0 Å². The van der Waals surface area contributed by atoms with Gasteiger partial charge in [0.25, 0.3) is 5.91 Å². The highest BCUT2D eigenvalue weighted by molar-refractivity contribution is 6.04. The summed E-state index contributed by atoms with van der Waals surface area (Å²) in [5.74, 6) is -0.997. The van der Waals surface area contributed by atoms with Crippen LogP contribution in [0.3, 0.4) is 0 Å².